The maximum atomic E-state index is 5.43. The molecule has 1 heterocycles. The van der Waals surface area contributed by atoms with E-state index in [-0.39, 0.29) is 0 Å². The highest BCUT2D eigenvalue weighted by Gasteiger charge is 2.16. The fourth-order valence-corrected chi connectivity index (χ4v) is 3.12. The van der Waals surface area contributed by atoms with Gasteiger partial charge in [-0.3, -0.25) is 0 Å². The normalized spacial score (nSPS) is 16.7. The molecule has 0 unspecified atom stereocenters. The lowest BCUT2D eigenvalue weighted by molar-refractivity contribution is -0.0880. The average molecular weight is 299 g/mol. The summed E-state index contributed by atoms with van der Waals surface area (Å²) in [5, 5.41) is 5.00. The first kappa shape index (κ1) is 18.9. The number of hydrazine groups is 1. The molecule has 0 aromatic carbocycles. The monoisotopic (exact) mass is 298 g/mol. The van der Waals surface area contributed by atoms with E-state index < -0.39 is 0 Å². The van der Waals surface area contributed by atoms with E-state index in [1.165, 1.54) is 70.8 Å². The highest BCUT2D eigenvalue weighted by Crippen LogP contribution is 2.11. The first-order valence-corrected chi connectivity index (χ1v) is 9.46. The molecule has 1 saturated heterocycles. The standard InChI is InChI=1S/C18H38N2O/c1-3-5-6-7-8-9-10-11-12-13-14-19(4-2)20-15-17-21-18-16-20/h3-18H2,1-2H3. The smallest absolute Gasteiger partial charge is 0.0608 e. The Balaban J connectivity index is 1.90. The van der Waals surface area contributed by atoms with Crippen LogP contribution in [0.15, 0.2) is 0 Å². The van der Waals surface area contributed by atoms with Crippen LogP contribution >= 0.6 is 0 Å². The van der Waals surface area contributed by atoms with Crippen LogP contribution in [-0.2, 0) is 4.74 Å². The molecule has 21 heavy (non-hydrogen) atoms. The maximum absolute atomic E-state index is 5.43. The zero-order valence-electron chi connectivity index (χ0n) is 14.6. The largest absolute Gasteiger partial charge is 0.379 e. The Morgan fingerprint density at radius 1 is 0.762 bits per heavy atom. The second-order valence-corrected chi connectivity index (χ2v) is 6.29. The number of ether oxygens (including phenoxy) is 1. The minimum Gasteiger partial charge on any atom is -0.379 e. The van der Waals surface area contributed by atoms with Crippen LogP contribution in [0.4, 0.5) is 0 Å². The minimum atomic E-state index is 0.897. The van der Waals surface area contributed by atoms with Gasteiger partial charge in [0.1, 0.15) is 0 Å². The van der Waals surface area contributed by atoms with Crippen molar-refractivity contribution in [2.75, 3.05) is 39.4 Å². The summed E-state index contributed by atoms with van der Waals surface area (Å²) in [6.45, 7) is 10.9. The summed E-state index contributed by atoms with van der Waals surface area (Å²) in [6, 6.07) is 0. The molecule has 1 rings (SSSR count). The van der Waals surface area contributed by atoms with Crippen molar-refractivity contribution in [1.29, 1.82) is 0 Å². The lowest BCUT2D eigenvalue weighted by Gasteiger charge is -2.36. The Labute approximate surface area is 133 Å². The molecule has 3 heteroatoms. The molecular weight excluding hydrogens is 260 g/mol. The summed E-state index contributed by atoms with van der Waals surface area (Å²) in [6.07, 6.45) is 14.2. The molecule has 1 aliphatic heterocycles. The van der Waals surface area contributed by atoms with E-state index in [0.29, 0.717) is 0 Å². The third kappa shape index (κ3) is 9.49. The quantitative estimate of drug-likeness (QED) is 0.466. The highest BCUT2D eigenvalue weighted by atomic mass is 16.5. The van der Waals surface area contributed by atoms with Crippen LogP contribution in [0.3, 0.4) is 0 Å². The molecule has 0 aromatic rings. The molecule has 0 bridgehead atoms. The van der Waals surface area contributed by atoms with Crippen LogP contribution in [-0.4, -0.2) is 49.4 Å². The van der Waals surface area contributed by atoms with Gasteiger partial charge in [0.15, 0.2) is 0 Å². The van der Waals surface area contributed by atoms with E-state index in [1.807, 2.05) is 0 Å². The van der Waals surface area contributed by atoms with E-state index >= 15 is 0 Å². The van der Waals surface area contributed by atoms with E-state index in [2.05, 4.69) is 23.9 Å². The molecule has 1 aliphatic rings. The van der Waals surface area contributed by atoms with Crippen molar-refractivity contribution in [2.45, 2.75) is 78.1 Å². The number of hydrogen-bond donors (Lipinski definition) is 0. The van der Waals surface area contributed by atoms with Crippen molar-refractivity contribution in [1.82, 2.24) is 10.0 Å². The van der Waals surface area contributed by atoms with Gasteiger partial charge in [-0.15, -0.1) is 0 Å². The van der Waals surface area contributed by atoms with Gasteiger partial charge < -0.3 is 4.74 Å². The summed E-state index contributed by atoms with van der Waals surface area (Å²) in [5.74, 6) is 0. The molecule has 1 fully saturated rings. The minimum absolute atomic E-state index is 0.897. The number of unbranched alkanes of at least 4 members (excludes halogenated alkanes) is 9. The van der Waals surface area contributed by atoms with Gasteiger partial charge >= 0.3 is 0 Å². The highest BCUT2D eigenvalue weighted by molar-refractivity contribution is 4.61. The Hall–Kier alpha value is -0.120. The van der Waals surface area contributed by atoms with Gasteiger partial charge in [-0.25, -0.2) is 10.0 Å². The van der Waals surface area contributed by atoms with Gasteiger partial charge in [0.25, 0.3) is 0 Å². The van der Waals surface area contributed by atoms with E-state index in [1.54, 1.807) is 0 Å². The molecule has 0 saturated carbocycles. The second kappa shape index (κ2) is 13.5. The SMILES string of the molecule is CCCCCCCCCCCCN(CC)N1CCOCC1. The number of rotatable bonds is 13. The molecule has 0 radical (unpaired) electrons. The predicted molar refractivity (Wildman–Crippen MR) is 91.5 cm³/mol. The molecule has 0 atom stereocenters. The second-order valence-electron chi connectivity index (χ2n) is 6.29. The average Bonchev–Trinajstić information content (AvgIpc) is 2.54. The predicted octanol–water partition coefficient (Wildman–Crippen LogP) is 4.48. The Morgan fingerprint density at radius 3 is 1.81 bits per heavy atom. The summed E-state index contributed by atoms with van der Waals surface area (Å²) in [4.78, 5) is 0. The first-order chi connectivity index (χ1) is 10.4. The van der Waals surface area contributed by atoms with Crippen LogP contribution in [0.2, 0.25) is 0 Å². The van der Waals surface area contributed by atoms with Crippen LogP contribution < -0.4 is 0 Å². The Kier molecular flexibility index (Phi) is 12.2. The molecule has 3 nitrogen and oxygen atoms in total. The zero-order chi connectivity index (χ0) is 15.2. The molecule has 0 N–H and O–H groups in total. The van der Waals surface area contributed by atoms with E-state index in [0.717, 1.165) is 32.8 Å². The number of morpholine rings is 1. The summed E-state index contributed by atoms with van der Waals surface area (Å²) < 4.78 is 5.43. The Morgan fingerprint density at radius 2 is 1.29 bits per heavy atom. The van der Waals surface area contributed by atoms with Crippen molar-refractivity contribution < 1.29 is 4.74 Å². The van der Waals surface area contributed by atoms with Crippen LogP contribution in [0.25, 0.3) is 0 Å². The van der Waals surface area contributed by atoms with Crippen molar-refractivity contribution >= 4 is 0 Å². The molecule has 0 aromatic heterocycles. The van der Waals surface area contributed by atoms with Crippen LogP contribution in [0, 0.1) is 0 Å². The van der Waals surface area contributed by atoms with Gasteiger partial charge in [0.05, 0.1) is 13.2 Å². The molecule has 0 aliphatic carbocycles. The molecule has 0 amide bonds. The van der Waals surface area contributed by atoms with E-state index in [4.69, 9.17) is 4.74 Å². The zero-order valence-corrected chi connectivity index (χ0v) is 14.6. The van der Waals surface area contributed by atoms with Crippen molar-refractivity contribution in [3.8, 4) is 0 Å². The lowest BCUT2D eigenvalue weighted by Crippen LogP contribution is -2.49. The van der Waals surface area contributed by atoms with Gasteiger partial charge in [0.2, 0.25) is 0 Å². The topological polar surface area (TPSA) is 15.7 Å². The van der Waals surface area contributed by atoms with Crippen LogP contribution in [0.1, 0.15) is 78.1 Å². The van der Waals surface area contributed by atoms with Gasteiger partial charge in [-0.1, -0.05) is 71.6 Å². The lowest BCUT2D eigenvalue weighted by atomic mass is 10.1. The van der Waals surface area contributed by atoms with Gasteiger partial charge in [-0.2, -0.15) is 0 Å². The fourth-order valence-electron chi connectivity index (χ4n) is 3.12. The Bertz CT molecular complexity index is 217. The van der Waals surface area contributed by atoms with Gasteiger partial charge in [0, 0.05) is 26.2 Å². The third-order valence-electron chi connectivity index (χ3n) is 4.52. The fraction of sp³-hybridized carbons (Fsp3) is 1.00. The van der Waals surface area contributed by atoms with Crippen molar-refractivity contribution in [3.63, 3.8) is 0 Å². The number of hydrogen-bond acceptors (Lipinski definition) is 3. The molecule has 0 spiro atoms. The van der Waals surface area contributed by atoms with Crippen LogP contribution in [0.5, 0.6) is 0 Å². The maximum Gasteiger partial charge on any atom is 0.0608 e. The van der Waals surface area contributed by atoms with E-state index in [9.17, 15) is 0 Å². The summed E-state index contributed by atoms with van der Waals surface area (Å²) in [5.41, 5.74) is 0. The third-order valence-corrected chi connectivity index (χ3v) is 4.52. The summed E-state index contributed by atoms with van der Waals surface area (Å²) in [7, 11) is 0. The molecule has 126 valence electrons. The summed E-state index contributed by atoms with van der Waals surface area (Å²) >= 11 is 0. The van der Waals surface area contributed by atoms with Crippen molar-refractivity contribution in [3.05, 3.63) is 0 Å². The van der Waals surface area contributed by atoms with Gasteiger partial charge in [-0.05, 0) is 6.42 Å². The first-order valence-electron chi connectivity index (χ1n) is 9.46. The number of nitrogens with zero attached hydrogens (tertiary/aromatic N) is 2. The molecular formula is C18H38N2O. The van der Waals surface area contributed by atoms with Crippen molar-refractivity contribution in [2.24, 2.45) is 0 Å².